The number of pyridine rings is 1. The molecule has 2 aromatic heterocycles. The minimum atomic E-state index is -0.677. The van der Waals surface area contributed by atoms with Crippen LogP contribution in [0.1, 0.15) is 12.8 Å². The van der Waals surface area contributed by atoms with E-state index in [9.17, 15) is 14.9 Å². The van der Waals surface area contributed by atoms with Gasteiger partial charge in [-0.15, -0.1) is 11.8 Å². The molecule has 1 saturated carbocycles. The topological polar surface area (TPSA) is 89.5 Å². The predicted octanol–water partition coefficient (Wildman–Crippen LogP) is 3.34. The van der Waals surface area contributed by atoms with Gasteiger partial charge in [-0.05, 0) is 37.1 Å². The zero-order valence-corrected chi connectivity index (χ0v) is 14.6. The SMILES string of the molecule is O=c1c([N+](=O)[O-])c(NCC2(Sc3ccccc3)CC2)nc2ccccn12. The number of hydrogen-bond acceptors (Lipinski definition) is 6. The van der Waals surface area contributed by atoms with Crippen molar-refractivity contribution in [1.29, 1.82) is 0 Å². The molecule has 1 aromatic carbocycles. The first kappa shape index (κ1) is 16.6. The molecule has 7 nitrogen and oxygen atoms in total. The van der Waals surface area contributed by atoms with Crippen LogP contribution in [0.15, 0.2) is 64.4 Å². The first-order valence-corrected chi connectivity index (χ1v) is 9.03. The molecule has 2 heterocycles. The zero-order chi connectivity index (χ0) is 18.1. The maximum atomic E-state index is 12.5. The van der Waals surface area contributed by atoms with E-state index in [1.807, 2.05) is 30.3 Å². The largest absolute Gasteiger partial charge is 0.376 e. The zero-order valence-electron chi connectivity index (χ0n) is 13.8. The molecule has 26 heavy (non-hydrogen) atoms. The Morgan fingerprint density at radius 2 is 1.92 bits per heavy atom. The monoisotopic (exact) mass is 368 g/mol. The number of fused-ring (bicyclic) bond motifs is 1. The van der Waals surface area contributed by atoms with Crippen LogP contribution >= 0.6 is 11.8 Å². The molecule has 0 atom stereocenters. The van der Waals surface area contributed by atoms with E-state index in [2.05, 4.69) is 10.3 Å². The third kappa shape index (κ3) is 3.15. The highest BCUT2D eigenvalue weighted by atomic mass is 32.2. The van der Waals surface area contributed by atoms with Gasteiger partial charge in [-0.1, -0.05) is 24.3 Å². The van der Waals surface area contributed by atoms with E-state index in [0.29, 0.717) is 12.2 Å². The number of aromatic nitrogens is 2. The van der Waals surface area contributed by atoms with Gasteiger partial charge in [0.25, 0.3) is 0 Å². The Kier molecular flexibility index (Phi) is 4.12. The number of hydrogen-bond donors (Lipinski definition) is 1. The van der Waals surface area contributed by atoms with E-state index in [1.54, 1.807) is 30.0 Å². The summed E-state index contributed by atoms with van der Waals surface area (Å²) in [5, 5.41) is 14.5. The average molecular weight is 368 g/mol. The summed E-state index contributed by atoms with van der Waals surface area (Å²) in [4.78, 5) is 28.7. The smallest absolute Gasteiger partial charge is 0.363 e. The van der Waals surface area contributed by atoms with Gasteiger partial charge < -0.3 is 5.32 Å². The highest BCUT2D eigenvalue weighted by Gasteiger charge is 2.44. The molecule has 1 aliphatic rings. The Morgan fingerprint density at radius 1 is 1.19 bits per heavy atom. The summed E-state index contributed by atoms with van der Waals surface area (Å²) in [5.41, 5.74) is -0.816. The molecule has 4 rings (SSSR count). The van der Waals surface area contributed by atoms with Gasteiger partial charge >= 0.3 is 11.2 Å². The number of nitro groups is 1. The Balaban J connectivity index is 1.62. The fraction of sp³-hybridized carbons (Fsp3) is 0.222. The summed E-state index contributed by atoms with van der Waals surface area (Å²) in [6, 6.07) is 15.1. The second-order valence-electron chi connectivity index (χ2n) is 6.25. The summed E-state index contributed by atoms with van der Waals surface area (Å²) < 4.78 is 1.17. The molecule has 0 spiro atoms. The van der Waals surface area contributed by atoms with Crippen LogP contribution in [0.25, 0.3) is 5.65 Å². The van der Waals surface area contributed by atoms with E-state index >= 15 is 0 Å². The number of benzene rings is 1. The van der Waals surface area contributed by atoms with Crippen LogP contribution in [0, 0.1) is 10.1 Å². The van der Waals surface area contributed by atoms with Crippen molar-refractivity contribution in [2.24, 2.45) is 0 Å². The summed E-state index contributed by atoms with van der Waals surface area (Å²) in [6.07, 6.45) is 3.51. The maximum absolute atomic E-state index is 12.5. The average Bonchev–Trinajstić information content (AvgIpc) is 3.40. The van der Waals surface area contributed by atoms with Crippen LogP contribution in [-0.4, -0.2) is 25.6 Å². The van der Waals surface area contributed by atoms with Gasteiger partial charge in [0, 0.05) is 22.4 Å². The lowest BCUT2D eigenvalue weighted by molar-refractivity contribution is -0.385. The molecular weight excluding hydrogens is 352 g/mol. The van der Waals surface area contributed by atoms with Gasteiger partial charge in [0.2, 0.25) is 5.82 Å². The summed E-state index contributed by atoms with van der Waals surface area (Å²) in [5.74, 6) is 0.0335. The fourth-order valence-corrected chi connectivity index (χ4v) is 4.05. The molecule has 0 unspecified atom stereocenters. The van der Waals surface area contributed by atoms with Crippen LogP contribution < -0.4 is 10.9 Å². The third-order valence-electron chi connectivity index (χ3n) is 4.36. The van der Waals surface area contributed by atoms with E-state index in [4.69, 9.17) is 0 Å². The van der Waals surface area contributed by atoms with Crippen LogP contribution in [0.2, 0.25) is 0 Å². The molecule has 8 heteroatoms. The van der Waals surface area contributed by atoms with Crippen molar-refractivity contribution in [3.63, 3.8) is 0 Å². The van der Waals surface area contributed by atoms with Crippen molar-refractivity contribution in [1.82, 2.24) is 9.38 Å². The first-order chi connectivity index (χ1) is 12.6. The number of nitrogens with one attached hydrogen (secondary N) is 1. The van der Waals surface area contributed by atoms with E-state index in [-0.39, 0.29) is 10.6 Å². The lowest BCUT2D eigenvalue weighted by atomic mass is 10.3. The number of anilines is 1. The molecule has 0 radical (unpaired) electrons. The number of nitrogens with zero attached hydrogens (tertiary/aromatic N) is 3. The van der Waals surface area contributed by atoms with Gasteiger partial charge in [0.05, 0.1) is 4.92 Å². The Morgan fingerprint density at radius 3 is 2.62 bits per heavy atom. The summed E-state index contributed by atoms with van der Waals surface area (Å²) >= 11 is 1.75. The highest BCUT2D eigenvalue weighted by Crippen LogP contribution is 2.51. The Labute approximate surface area is 153 Å². The van der Waals surface area contributed by atoms with Crippen molar-refractivity contribution in [3.05, 3.63) is 75.2 Å². The van der Waals surface area contributed by atoms with Crippen LogP contribution in [-0.2, 0) is 0 Å². The molecule has 0 aliphatic heterocycles. The van der Waals surface area contributed by atoms with Crippen LogP contribution in [0.5, 0.6) is 0 Å². The van der Waals surface area contributed by atoms with Gasteiger partial charge in [0.15, 0.2) is 0 Å². The van der Waals surface area contributed by atoms with E-state index < -0.39 is 16.2 Å². The van der Waals surface area contributed by atoms with Gasteiger partial charge in [-0.25, -0.2) is 4.98 Å². The molecule has 1 N–H and O–H groups in total. The van der Waals surface area contributed by atoms with Gasteiger partial charge in [-0.2, -0.15) is 0 Å². The van der Waals surface area contributed by atoms with Crippen molar-refractivity contribution in [2.75, 3.05) is 11.9 Å². The number of thioether (sulfide) groups is 1. The Hall–Kier alpha value is -2.87. The second kappa shape index (κ2) is 6.45. The Bertz CT molecular complexity index is 1030. The lowest BCUT2D eigenvalue weighted by Gasteiger charge is -2.16. The lowest BCUT2D eigenvalue weighted by Crippen LogP contribution is -2.24. The summed E-state index contributed by atoms with van der Waals surface area (Å²) in [7, 11) is 0. The standard InChI is InChI=1S/C18H16N4O3S/c23-17-15(22(24)25)16(20-14-8-4-5-11-21(14)17)19-12-18(9-10-18)26-13-6-2-1-3-7-13/h1-8,11,19H,9-10,12H2. The number of rotatable bonds is 6. The first-order valence-electron chi connectivity index (χ1n) is 8.22. The fourth-order valence-electron chi connectivity index (χ4n) is 2.81. The van der Waals surface area contributed by atoms with Gasteiger partial charge in [0.1, 0.15) is 5.65 Å². The second-order valence-corrected chi connectivity index (χ2v) is 7.79. The van der Waals surface area contributed by atoms with Gasteiger partial charge in [-0.3, -0.25) is 19.3 Å². The molecule has 1 aliphatic carbocycles. The van der Waals surface area contributed by atoms with E-state index in [1.165, 1.54) is 10.6 Å². The maximum Gasteiger partial charge on any atom is 0.376 e. The van der Waals surface area contributed by atoms with Crippen LogP contribution in [0.3, 0.4) is 0 Å². The predicted molar refractivity (Wildman–Crippen MR) is 101 cm³/mol. The van der Waals surface area contributed by atoms with E-state index in [0.717, 1.165) is 17.7 Å². The van der Waals surface area contributed by atoms with Crippen LogP contribution in [0.4, 0.5) is 11.5 Å². The quantitative estimate of drug-likeness (QED) is 0.530. The minimum Gasteiger partial charge on any atom is -0.363 e. The normalized spacial score (nSPS) is 14.9. The third-order valence-corrected chi connectivity index (χ3v) is 5.85. The van der Waals surface area contributed by atoms with Crippen molar-refractivity contribution >= 4 is 28.9 Å². The minimum absolute atomic E-state index is 0.0151. The molecule has 0 saturated heterocycles. The van der Waals surface area contributed by atoms with Crippen molar-refractivity contribution < 1.29 is 4.92 Å². The molecule has 0 amide bonds. The van der Waals surface area contributed by atoms with Crippen molar-refractivity contribution in [3.8, 4) is 0 Å². The highest BCUT2D eigenvalue weighted by molar-refractivity contribution is 8.01. The molecule has 1 fully saturated rings. The molecule has 0 bridgehead atoms. The summed E-state index contributed by atoms with van der Waals surface area (Å²) in [6.45, 7) is 0.517. The molecule has 132 valence electrons. The van der Waals surface area contributed by atoms with Crippen molar-refractivity contribution in [2.45, 2.75) is 22.5 Å². The molecule has 3 aromatic rings. The molecular formula is C18H16N4O3S.